The van der Waals surface area contributed by atoms with Gasteiger partial charge in [0.05, 0.1) is 39.5 Å². The molecule has 2 aliphatic heterocycles. The minimum absolute atomic E-state index is 0.0706. The van der Waals surface area contributed by atoms with Crippen molar-refractivity contribution in [2.24, 2.45) is 0 Å². The van der Waals surface area contributed by atoms with E-state index in [0.29, 0.717) is 121 Å². The summed E-state index contributed by atoms with van der Waals surface area (Å²) in [5, 5.41) is 1.31. The number of hydrogen-bond acceptors (Lipinski definition) is 16. The Labute approximate surface area is 287 Å². The number of carbonyl (C=O) groups is 2. The Bertz CT molecular complexity index is 1740. The van der Waals surface area contributed by atoms with Gasteiger partial charge in [-0.25, -0.2) is 19.6 Å². The van der Waals surface area contributed by atoms with Gasteiger partial charge in [0.1, 0.15) is 24.8 Å². The van der Waals surface area contributed by atoms with Crippen LogP contribution in [0.3, 0.4) is 0 Å². The first kappa shape index (κ1) is 33.9. The number of rotatable bonds is 9. The summed E-state index contributed by atoms with van der Waals surface area (Å²) < 4.78 is 32.3. The second-order valence-corrected chi connectivity index (χ2v) is 11.4. The summed E-state index contributed by atoms with van der Waals surface area (Å²) >= 11 is 0. The van der Waals surface area contributed by atoms with Crippen LogP contribution in [-0.4, -0.2) is 136 Å². The first-order valence-corrected chi connectivity index (χ1v) is 15.9. The number of carbonyl (C=O) groups excluding carboxylic acids is 2. The third-order valence-electron chi connectivity index (χ3n) is 8.61. The molecule has 2 aromatic heterocycles. The third-order valence-corrected chi connectivity index (χ3v) is 8.61. The van der Waals surface area contributed by atoms with Crippen LogP contribution in [0.4, 0.5) is 33.1 Å². The van der Waals surface area contributed by atoms with Crippen LogP contribution in [-0.2, 0) is 9.47 Å². The van der Waals surface area contributed by atoms with Crippen molar-refractivity contribution in [2.75, 3.05) is 115 Å². The zero-order valence-electron chi connectivity index (χ0n) is 28.4. The average Bonchev–Trinajstić information content (AvgIpc) is 3.15. The molecule has 0 unspecified atom stereocenters. The second-order valence-electron chi connectivity index (χ2n) is 11.4. The maximum atomic E-state index is 12.7. The fourth-order valence-corrected chi connectivity index (χ4v) is 5.83. The molecule has 2 aliphatic rings. The monoisotopic (exact) mass is 692 g/mol. The molecular weight excluding hydrogens is 652 g/mol. The molecule has 0 saturated carbocycles. The number of amides is 2. The molecule has 0 bridgehead atoms. The molecule has 2 saturated heterocycles. The summed E-state index contributed by atoms with van der Waals surface area (Å²) in [5.41, 5.74) is 13.7. The third kappa shape index (κ3) is 6.94. The summed E-state index contributed by atoms with van der Waals surface area (Å²) in [6.07, 6.45) is -0.980. The Kier molecular flexibility index (Phi) is 9.96. The van der Waals surface area contributed by atoms with Crippen LogP contribution in [0, 0.1) is 0 Å². The van der Waals surface area contributed by atoms with Gasteiger partial charge >= 0.3 is 12.2 Å². The quantitative estimate of drug-likeness (QED) is 0.241. The van der Waals surface area contributed by atoms with Gasteiger partial charge in [-0.1, -0.05) is 0 Å². The minimum Gasteiger partial charge on any atom is -0.493 e. The van der Waals surface area contributed by atoms with E-state index in [1.54, 1.807) is 62.5 Å². The summed E-state index contributed by atoms with van der Waals surface area (Å²) in [5.74, 6) is 3.68. The van der Waals surface area contributed by atoms with Crippen molar-refractivity contribution in [3.8, 4) is 23.0 Å². The van der Waals surface area contributed by atoms with Gasteiger partial charge in [-0.15, -0.1) is 0 Å². The summed E-state index contributed by atoms with van der Waals surface area (Å²) in [7, 11) is 6.20. The predicted molar refractivity (Wildman–Crippen MR) is 184 cm³/mol. The van der Waals surface area contributed by atoms with Crippen LogP contribution in [0.25, 0.3) is 21.8 Å². The van der Waals surface area contributed by atoms with Gasteiger partial charge in [0, 0.05) is 75.3 Å². The predicted octanol–water partition coefficient (Wildman–Crippen LogP) is 1.99. The van der Waals surface area contributed by atoms with Crippen molar-refractivity contribution in [1.29, 1.82) is 0 Å². The number of aromatic nitrogens is 4. The number of piperazine rings is 2. The Morgan fingerprint density at radius 1 is 0.560 bits per heavy atom. The fraction of sp³-hybridized carbons (Fsp3) is 0.438. The number of nitrogen functional groups attached to an aromatic ring is 2. The van der Waals surface area contributed by atoms with Crippen LogP contribution in [0.5, 0.6) is 23.0 Å². The number of benzene rings is 2. The summed E-state index contributed by atoms with van der Waals surface area (Å²) in [4.78, 5) is 50.8. The minimum atomic E-state index is -0.490. The zero-order valence-corrected chi connectivity index (χ0v) is 28.4. The van der Waals surface area contributed by atoms with E-state index < -0.39 is 12.2 Å². The average molecular weight is 693 g/mol. The van der Waals surface area contributed by atoms with Crippen molar-refractivity contribution in [3.63, 3.8) is 0 Å². The van der Waals surface area contributed by atoms with Gasteiger partial charge in [0.25, 0.3) is 0 Å². The van der Waals surface area contributed by atoms with Crippen LogP contribution in [0.1, 0.15) is 0 Å². The van der Waals surface area contributed by atoms with Crippen LogP contribution in [0.2, 0.25) is 0 Å². The van der Waals surface area contributed by atoms with E-state index in [0.717, 1.165) is 0 Å². The molecule has 4 aromatic rings. The van der Waals surface area contributed by atoms with Gasteiger partial charge in [-0.05, 0) is 12.1 Å². The molecule has 2 amide bonds. The number of hydrogen-bond donors (Lipinski definition) is 2. The molecule has 266 valence electrons. The number of fused-ring (bicyclic) bond motifs is 2. The standard InChI is InChI=1S/C32H40N10O8/c1-45-23-15-19-21(17-25(23)47-3)35-29(37-27(19)33)39-5-9-41(10-6-39)31(43)49-13-14-50-32(44)42-11-7-40(8-12-42)30-36-22-18-26(48-4)24(46-2)16-20(22)28(34)38-30/h15-18H,5-14H2,1-4H3,(H2,33,35,37)(H2,34,36,38). The van der Waals surface area contributed by atoms with Crippen LogP contribution >= 0.6 is 0 Å². The van der Waals surface area contributed by atoms with Gasteiger partial charge < -0.3 is 59.5 Å². The molecule has 2 aromatic carbocycles. The van der Waals surface area contributed by atoms with E-state index in [9.17, 15) is 9.59 Å². The maximum Gasteiger partial charge on any atom is 0.410 e. The smallest absolute Gasteiger partial charge is 0.410 e. The molecule has 50 heavy (non-hydrogen) atoms. The van der Waals surface area contributed by atoms with Crippen molar-refractivity contribution < 1.29 is 38.0 Å². The number of anilines is 4. The molecule has 0 atom stereocenters. The first-order valence-electron chi connectivity index (χ1n) is 15.9. The Balaban J connectivity index is 0.936. The SMILES string of the molecule is COc1cc2nc(N3CCN(C(=O)OCCOC(=O)N4CCN(c5nc(N)c6cc(OC)c(OC)cc6n5)CC4)CC3)nc(N)c2cc1OC. The van der Waals surface area contributed by atoms with E-state index in [1.165, 1.54) is 0 Å². The first-order chi connectivity index (χ1) is 24.2. The lowest BCUT2D eigenvalue weighted by Gasteiger charge is -2.34. The van der Waals surface area contributed by atoms with Crippen LogP contribution in [0.15, 0.2) is 24.3 Å². The normalized spacial score (nSPS) is 14.9. The highest BCUT2D eigenvalue weighted by Gasteiger charge is 2.27. The van der Waals surface area contributed by atoms with E-state index in [1.807, 2.05) is 9.80 Å². The highest BCUT2D eigenvalue weighted by molar-refractivity contribution is 5.92. The number of methoxy groups -OCH3 is 4. The number of ether oxygens (including phenoxy) is 6. The molecule has 18 heteroatoms. The van der Waals surface area contributed by atoms with Crippen molar-refractivity contribution in [2.45, 2.75) is 0 Å². The van der Waals surface area contributed by atoms with Gasteiger partial charge in [-0.2, -0.15) is 9.97 Å². The lowest BCUT2D eigenvalue weighted by molar-refractivity contribution is 0.0574. The molecule has 6 rings (SSSR count). The fourth-order valence-electron chi connectivity index (χ4n) is 5.83. The summed E-state index contributed by atoms with van der Waals surface area (Å²) in [6.45, 7) is 3.35. The van der Waals surface area contributed by atoms with Gasteiger partial charge in [0.15, 0.2) is 23.0 Å². The summed E-state index contributed by atoms with van der Waals surface area (Å²) in [6, 6.07) is 7.00. The second kappa shape index (κ2) is 14.7. The molecule has 2 fully saturated rings. The molecule has 0 spiro atoms. The molecule has 0 radical (unpaired) electrons. The maximum absolute atomic E-state index is 12.7. The largest absolute Gasteiger partial charge is 0.493 e. The number of nitrogens with two attached hydrogens (primary N) is 2. The molecule has 4 heterocycles. The molecule has 0 aliphatic carbocycles. The number of nitrogens with zero attached hydrogens (tertiary/aromatic N) is 8. The van der Waals surface area contributed by atoms with Crippen molar-refractivity contribution in [3.05, 3.63) is 24.3 Å². The molecular formula is C32H40N10O8. The Morgan fingerprint density at radius 2 is 0.900 bits per heavy atom. The van der Waals surface area contributed by atoms with Gasteiger partial charge in [-0.3, -0.25) is 0 Å². The van der Waals surface area contributed by atoms with E-state index >= 15 is 0 Å². The van der Waals surface area contributed by atoms with Crippen molar-refractivity contribution in [1.82, 2.24) is 29.7 Å². The highest BCUT2D eigenvalue weighted by atomic mass is 16.6. The zero-order chi connectivity index (χ0) is 35.4. The Hall–Kier alpha value is -5.94. The lowest BCUT2D eigenvalue weighted by Crippen LogP contribution is -2.50. The van der Waals surface area contributed by atoms with E-state index in [-0.39, 0.29) is 13.2 Å². The lowest BCUT2D eigenvalue weighted by atomic mass is 10.2. The van der Waals surface area contributed by atoms with Gasteiger partial charge in [0.2, 0.25) is 11.9 Å². The molecule has 4 N–H and O–H groups in total. The van der Waals surface area contributed by atoms with Crippen molar-refractivity contribution >= 4 is 57.5 Å². The van der Waals surface area contributed by atoms with Crippen LogP contribution < -0.4 is 40.2 Å². The Morgan fingerprint density at radius 3 is 1.24 bits per heavy atom. The highest BCUT2D eigenvalue weighted by Crippen LogP contribution is 2.35. The van der Waals surface area contributed by atoms with E-state index in [4.69, 9.17) is 39.9 Å². The molecule has 18 nitrogen and oxygen atoms in total. The van der Waals surface area contributed by atoms with E-state index in [2.05, 4.69) is 19.9 Å². The topological polar surface area (TPSA) is 206 Å².